The summed E-state index contributed by atoms with van der Waals surface area (Å²) < 4.78 is 5.28. The van der Waals surface area contributed by atoms with Gasteiger partial charge in [0.2, 0.25) is 0 Å². The van der Waals surface area contributed by atoms with E-state index in [0.717, 1.165) is 45.1 Å². The average molecular weight is 228 g/mol. The number of nitrogens with zero attached hydrogens (tertiary/aromatic N) is 3. The van der Waals surface area contributed by atoms with E-state index in [2.05, 4.69) is 14.9 Å². The molecule has 0 aromatic carbocycles. The standard InChI is InChI=1S/C10H14ClN3O/c11-9-1-3-12-10(13-9)2-4-14-5-7-15-8-6-14/h1,3H,2,4-8H2. The van der Waals surface area contributed by atoms with Gasteiger partial charge in [0.1, 0.15) is 11.0 Å². The third-order valence-electron chi connectivity index (χ3n) is 2.43. The number of morpholine rings is 1. The van der Waals surface area contributed by atoms with Crippen molar-refractivity contribution in [2.24, 2.45) is 0 Å². The monoisotopic (exact) mass is 227 g/mol. The van der Waals surface area contributed by atoms with Gasteiger partial charge in [-0.05, 0) is 6.07 Å². The first-order valence-corrected chi connectivity index (χ1v) is 5.50. The zero-order valence-corrected chi connectivity index (χ0v) is 9.28. The maximum absolute atomic E-state index is 5.78. The predicted octanol–water partition coefficient (Wildman–Crippen LogP) is 1.00. The van der Waals surface area contributed by atoms with Crippen molar-refractivity contribution in [1.29, 1.82) is 0 Å². The minimum atomic E-state index is 0.516. The SMILES string of the molecule is Clc1ccnc(CCN2CCOCC2)n1. The molecule has 1 aliphatic rings. The molecule has 1 aromatic heterocycles. The van der Waals surface area contributed by atoms with Crippen LogP contribution in [0.4, 0.5) is 0 Å². The lowest BCUT2D eigenvalue weighted by Gasteiger charge is -2.26. The topological polar surface area (TPSA) is 38.2 Å². The molecule has 2 heterocycles. The van der Waals surface area contributed by atoms with E-state index in [1.807, 2.05) is 0 Å². The maximum atomic E-state index is 5.78. The number of rotatable bonds is 3. The average Bonchev–Trinajstić information content (AvgIpc) is 2.28. The van der Waals surface area contributed by atoms with E-state index < -0.39 is 0 Å². The van der Waals surface area contributed by atoms with E-state index in [9.17, 15) is 0 Å². The van der Waals surface area contributed by atoms with Gasteiger partial charge in [0, 0.05) is 32.3 Å². The second kappa shape index (κ2) is 5.39. The van der Waals surface area contributed by atoms with Crippen molar-refractivity contribution in [1.82, 2.24) is 14.9 Å². The highest BCUT2D eigenvalue weighted by Crippen LogP contribution is 2.04. The van der Waals surface area contributed by atoms with Gasteiger partial charge < -0.3 is 4.74 Å². The lowest BCUT2D eigenvalue weighted by molar-refractivity contribution is 0.0382. The highest BCUT2D eigenvalue weighted by Gasteiger charge is 2.10. The van der Waals surface area contributed by atoms with Crippen LogP contribution in [0.1, 0.15) is 5.82 Å². The molecule has 0 unspecified atom stereocenters. The molecule has 0 amide bonds. The molecule has 1 aliphatic heterocycles. The number of halogens is 1. The van der Waals surface area contributed by atoms with Crippen molar-refractivity contribution >= 4 is 11.6 Å². The van der Waals surface area contributed by atoms with Gasteiger partial charge in [-0.25, -0.2) is 9.97 Å². The van der Waals surface area contributed by atoms with Gasteiger partial charge in [-0.3, -0.25) is 4.90 Å². The molecule has 0 radical (unpaired) electrons. The summed E-state index contributed by atoms with van der Waals surface area (Å²) in [5.74, 6) is 0.814. The van der Waals surface area contributed by atoms with Crippen LogP contribution in [0.2, 0.25) is 5.15 Å². The highest BCUT2D eigenvalue weighted by molar-refractivity contribution is 6.29. The number of hydrogen-bond acceptors (Lipinski definition) is 4. The molecule has 1 saturated heterocycles. The Morgan fingerprint density at radius 1 is 1.40 bits per heavy atom. The van der Waals surface area contributed by atoms with E-state index in [4.69, 9.17) is 16.3 Å². The minimum Gasteiger partial charge on any atom is -0.379 e. The Morgan fingerprint density at radius 3 is 2.93 bits per heavy atom. The predicted molar refractivity (Wildman–Crippen MR) is 58.0 cm³/mol. The first-order chi connectivity index (χ1) is 7.34. The number of hydrogen-bond donors (Lipinski definition) is 0. The number of ether oxygens (including phenoxy) is 1. The highest BCUT2D eigenvalue weighted by atomic mass is 35.5. The van der Waals surface area contributed by atoms with E-state index in [0.29, 0.717) is 5.15 Å². The zero-order chi connectivity index (χ0) is 10.5. The summed E-state index contributed by atoms with van der Waals surface area (Å²) in [5, 5.41) is 0.516. The molecule has 4 nitrogen and oxygen atoms in total. The molecule has 0 atom stereocenters. The van der Waals surface area contributed by atoms with Crippen LogP contribution in [0.5, 0.6) is 0 Å². The summed E-state index contributed by atoms with van der Waals surface area (Å²) in [6, 6.07) is 1.69. The first kappa shape index (κ1) is 10.8. The van der Waals surface area contributed by atoms with E-state index >= 15 is 0 Å². The smallest absolute Gasteiger partial charge is 0.132 e. The second-order valence-electron chi connectivity index (χ2n) is 3.50. The quantitative estimate of drug-likeness (QED) is 0.723. The summed E-state index contributed by atoms with van der Waals surface area (Å²) in [6.45, 7) is 4.64. The Hall–Kier alpha value is -0.710. The Balaban J connectivity index is 1.81. The van der Waals surface area contributed by atoms with Crippen LogP contribution >= 0.6 is 11.6 Å². The molecule has 0 bridgehead atoms. The molecular formula is C10H14ClN3O. The van der Waals surface area contributed by atoms with E-state index in [-0.39, 0.29) is 0 Å². The van der Waals surface area contributed by atoms with Gasteiger partial charge in [-0.1, -0.05) is 11.6 Å². The van der Waals surface area contributed by atoms with Gasteiger partial charge in [0.25, 0.3) is 0 Å². The summed E-state index contributed by atoms with van der Waals surface area (Å²) in [5.41, 5.74) is 0. The Morgan fingerprint density at radius 2 is 2.20 bits per heavy atom. The molecule has 1 aromatic rings. The third kappa shape index (κ3) is 3.41. The van der Waals surface area contributed by atoms with Crippen molar-refractivity contribution in [2.45, 2.75) is 6.42 Å². The van der Waals surface area contributed by atoms with Gasteiger partial charge in [0.05, 0.1) is 13.2 Å². The van der Waals surface area contributed by atoms with Gasteiger partial charge in [0.15, 0.2) is 0 Å². The number of aromatic nitrogens is 2. The lowest BCUT2D eigenvalue weighted by Crippen LogP contribution is -2.37. The third-order valence-corrected chi connectivity index (χ3v) is 2.64. The lowest BCUT2D eigenvalue weighted by atomic mass is 10.3. The molecule has 0 aliphatic carbocycles. The first-order valence-electron chi connectivity index (χ1n) is 5.12. The van der Waals surface area contributed by atoms with E-state index in [1.54, 1.807) is 12.3 Å². The normalized spacial score (nSPS) is 17.9. The zero-order valence-electron chi connectivity index (χ0n) is 8.53. The Bertz CT molecular complexity index is 315. The van der Waals surface area contributed by atoms with Crippen LogP contribution in [-0.2, 0) is 11.2 Å². The van der Waals surface area contributed by atoms with Crippen LogP contribution < -0.4 is 0 Å². The molecule has 2 rings (SSSR count). The van der Waals surface area contributed by atoms with Crippen molar-refractivity contribution in [2.75, 3.05) is 32.8 Å². The van der Waals surface area contributed by atoms with Crippen LogP contribution in [0.15, 0.2) is 12.3 Å². The molecule has 0 spiro atoms. The molecule has 15 heavy (non-hydrogen) atoms. The second-order valence-corrected chi connectivity index (χ2v) is 3.89. The Kier molecular flexibility index (Phi) is 3.88. The van der Waals surface area contributed by atoms with Crippen LogP contribution in [-0.4, -0.2) is 47.7 Å². The maximum Gasteiger partial charge on any atom is 0.132 e. The molecular weight excluding hydrogens is 214 g/mol. The van der Waals surface area contributed by atoms with Crippen molar-refractivity contribution in [3.8, 4) is 0 Å². The molecule has 5 heteroatoms. The van der Waals surface area contributed by atoms with Crippen LogP contribution in [0.3, 0.4) is 0 Å². The van der Waals surface area contributed by atoms with E-state index in [1.165, 1.54) is 0 Å². The molecule has 0 N–H and O–H groups in total. The van der Waals surface area contributed by atoms with Crippen molar-refractivity contribution in [3.05, 3.63) is 23.2 Å². The fourth-order valence-electron chi connectivity index (χ4n) is 1.58. The van der Waals surface area contributed by atoms with Gasteiger partial charge in [-0.2, -0.15) is 0 Å². The molecule has 82 valence electrons. The summed E-state index contributed by atoms with van der Waals surface area (Å²) in [4.78, 5) is 10.7. The summed E-state index contributed by atoms with van der Waals surface area (Å²) >= 11 is 5.78. The largest absolute Gasteiger partial charge is 0.379 e. The minimum absolute atomic E-state index is 0.516. The van der Waals surface area contributed by atoms with Crippen LogP contribution in [0, 0.1) is 0 Å². The van der Waals surface area contributed by atoms with Crippen molar-refractivity contribution < 1.29 is 4.74 Å². The van der Waals surface area contributed by atoms with Crippen LogP contribution in [0.25, 0.3) is 0 Å². The van der Waals surface area contributed by atoms with Crippen molar-refractivity contribution in [3.63, 3.8) is 0 Å². The van der Waals surface area contributed by atoms with Gasteiger partial charge in [-0.15, -0.1) is 0 Å². The summed E-state index contributed by atoms with van der Waals surface area (Å²) in [7, 11) is 0. The van der Waals surface area contributed by atoms with Gasteiger partial charge >= 0.3 is 0 Å². The summed E-state index contributed by atoms with van der Waals surface area (Å²) in [6.07, 6.45) is 2.55. The molecule has 1 fully saturated rings. The Labute approximate surface area is 94.2 Å². The fourth-order valence-corrected chi connectivity index (χ4v) is 1.73. The fraction of sp³-hybridized carbons (Fsp3) is 0.600. The molecule has 0 saturated carbocycles.